The molecule has 1 rings (SSSR count). The standard InChI is InChI=1S/C9H14O2/c1-3-4-5-7-6-8(7)9(10)11-2/h6,8H,3-5H2,1-2H3. The lowest BCUT2D eigenvalue weighted by Gasteiger charge is -1.96. The Bertz CT molecular complexity index is 182. The molecule has 0 aromatic heterocycles. The maximum Gasteiger partial charge on any atom is 0.316 e. The zero-order valence-corrected chi connectivity index (χ0v) is 7.09. The van der Waals surface area contributed by atoms with Crippen LogP contribution in [0.3, 0.4) is 0 Å². The maximum atomic E-state index is 10.9. The van der Waals surface area contributed by atoms with Crippen molar-refractivity contribution in [3.05, 3.63) is 11.6 Å². The minimum atomic E-state index is -0.101. The van der Waals surface area contributed by atoms with Crippen LogP contribution in [0.1, 0.15) is 26.2 Å². The molecule has 1 aliphatic rings. The number of hydrogen-bond donors (Lipinski definition) is 0. The molecule has 0 spiro atoms. The van der Waals surface area contributed by atoms with E-state index in [9.17, 15) is 4.79 Å². The van der Waals surface area contributed by atoms with Gasteiger partial charge in [-0.2, -0.15) is 0 Å². The van der Waals surface area contributed by atoms with E-state index in [-0.39, 0.29) is 11.9 Å². The highest BCUT2D eigenvalue weighted by Crippen LogP contribution is 2.33. The first kappa shape index (κ1) is 8.31. The second-order valence-electron chi connectivity index (χ2n) is 2.85. The number of carbonyl (C=O) groups is 1. The summed E-state index contributed by atoms with van der Waals surface area (Å²) in [6, 6.07) is 0. The molecule has 0 aromatic rings. The van der Waals surface area contributed by atoms with Crippen LogP contribution < -0.4 is 0 Å². The van der Waals surface area contributed by atoms with E-state index in [2.05, 4.69) is 11.7 Å². The van der Waals surface area contributed by atoms with Crippen molar-refractivity contribution in [2.75, 3.05) is 7.11 Å². The summed E-state index contributed by atoms with van der Waals surface area (Å²) in [5, 5.41) is 0. The summed E-state index contributed by atoms with van der Waals surface area (Å²) in [6.45, 7) is 2.15. The van der Waals surface area contributed by atoms with Gasteiger partial charge in [0.15, 0.2) is 0 Å². The Morgan fingerprint density at radius 3 is 3.00 bits per heavy atom. The fourth-order valence-electron chi connectivity index (χ4n) is 1.13. The Labute approximate surface area is 67.2 Å². The van der Waals surface area contributed by atoms with E-state index in [1.54, 1.807) is 0 Å². The third-order valence-corrected chi connectivity index (χ3v) is 1.95. The Morgan fingerprint density at radius 2 is 2.45 bits per heavy atom. The lowest BCUT2D eigenvalue weighted by atomic mass is 10.1. The van der Waals surface area contributed by atoms with Crippen LogP contribution in [0.15, 0.2) is 11.6 Å². The normalized spacial score (nSPS) is 20.9. The van der Waals surface area contributed by atoms with Crippen LogP contribution in [0.25, 0.3) is 0 Å². The summed E-state index contributed by atoms with van der Waals surface area (Å²) in [5.41, 5.74) is 1.26. The molecule has 0 saturated carbocycles. The van der Waals surface area contributed by atoms with Gasteiger partial charge in [-0.15, -0.1) is 0 Å². The van der Waals surface area contributed by atoms with Crippen LogP contribution in [-0.4, -0.2) is 13.1 Å². The maximum absolute atomic E-state index is 10.9. The van der Waals surface area contributed by atoms with E-state index < -0.39 is 0 Å². The zero-order valence-electron chi connectivity index (χ0n) is 7.09. The lowest BCUT2D eigenvalue weighted by molar-refractivity contribution is -0.141. The highest BCUT2D eigenvalue weighted by atomic mass is 16.5. The molecule has 2 nitrogen and oxygen atoms in total. The molecule has 0 saturated heterocycles. The number of ether oxygens (including phenoxy) is 1. The minimum absolute atomic E-state index is 0.0338. The summed E-state index contributed by atoms with van der Waals surface area (Å²) >= 11 is 0. The number of unbranched alkanes of at least 4 members (excludes halogenated alkanes) is 1. The summed E-state index contributed by atoms with van der Waals surface area (Å²) < 4.78 is 4.59. The van der Waals surface area contributed by atoms with Crippen molar-refractivity contribution in [2.24, 2.45) is 5.92 Å². The van der Waals surface area contributed by atoms with Crippen LogP contribution in [0.4, 0.5) is 0 Å². The molecular weight excluding hydrogens is 140 g/mol. The Morgan fingerprint density at radius 1 is 1.73 bits per heavy atom. The van der Waals surface area contributed by atoms with Gasteiger partial charge < -0.3 is 4.74 Å². The molecule has 1 atom stereocenters. The van der Waals surface area contributed by atoms with E-state index in [4.69, 9.17) is 0 Å². The van der Waals surface area contributed by atoms with Crippen molar-refractivity contribution in [1.82, 2.24) is 0 Å². The molecule has 0 N–H and O–H groups in total. The fourth-order valence-corrected chi connectivity index (χ4v) is 1.13. The molecule has 0 amide bonds. The van der Waals surface area contributed by atoms with Crippen LogP contribution >= 0.6 is 0 Å². The molecular formula is C9H14O2. The molecule has 0 aromatic carbocycles. The highest BCUT2D eigenvalue weighted by molar-refractivity contribution is 5.83. The summed E-state index contributed by atoms with van der Waals surface area (Å²) in [6.07, 6.45) is 5.42. The van der Waals surface area contributed by atoms with Crippen molar-refractivity contribution in [3.8, 4) is 0 Å². The van der Waals surface area contributed by atoms with E-state index >= 15 is 0 Å². The molecule has 0 heterocycles. The summed E-state index contributed by atoms with van der Waals surface area (Å²) in [5.74, 6) is -0.0670. The molecule has 0 fully saturated rings. The monoisotopic (exact) mass is 154 g/mol. The smallest absolute Gasteiger partial charge is 0.316 e. The predicted molar refractivity (Wildman–Crippen MR) is 43.1 cm³/mol. The quantitative estimate of drug-likeness (QED) is 0.456. The van der Waals surface area contributed by atoms with Gasteiger partial charge in [0, 0.05) is 0 Å². The first-order valence-corrected chi connectivity index (χ1v) is 4.08. The number of esters is 1. The first-order chi connectivity index (χ1) is 5.29. The molecule has 0 bridgehead atoms. The SMILES string of the molecule is CCCCC1=CC1C(=O)OC. The second-order valence-corrected chi connectivity index (χ2v) is 2.85. The van der Waals surface area contributed by atoms with Gasteiger partial charge in [-0.25, -0.2) is 0 Å². The molecule has 0 aliphatic heterocycles. The van der Waals surface area contributed by atoms with Crippen molar-refractivity contribution in [1.29, 1.82) is 0 Å². The van der Waals surface area contributed by atoms with Crippen LogP contribution in [0.2, 0.25) is 0 Å². The third kappa shape index (κ3) is 2.07. The second kappa shape index (κ2) is 3.56. The van der Waals surface area contributed by atoms with Crippen LogP contribution in [-0.2, 0) is 9.53 Å². The molecule has 2 heteroatoms. The minimum Gasteiger partial charge on any atom is -0.468 e. The molecule has 1 aliphatic carbocycles. The third-order valence-electron chi connectivity index (χ3n) is 1.95. The van der Waals surface area contributed by atoms with Crippen molar-refractivity contribution in [2.45, 2.75) is 26.2 Å². The molecule has 0 radical (unpaired) electrons. The largest absolute Gasteiger partial charge is 0.468 e. The molecule has 1 unspecified atom stereocenters. The number of rotatable bonds is 4. The Balaban J connectivity index is 2.14. The van der Waals surface area contributed by atoms with Crippen LogP contribution in [0, 0.1) is 5.92 Å². The fraction of sp³-hybridized carbons (Fsp3) is 0.667. The average molecular weight is 154 g/mol. The van der Waals surface area contributed by atoms with E-state index in [0.29, 0.717) is 0 Å². The average Bonchev–Trinajstić information content (AvgIpc) is 2.78. The first-order valence-electron chi connectivity index (χ1n) is 4.08. The van der Waals surface area contributed by atoms with Crippen molar-refractivity contribution in [3.63, 3.8) is 0 Å². The van der Waals surface area contributed by atoms with E-state index in [0.717, 1.165) is 6.42 Å². The Hall–Kier alpha value is -0.790. The van der Waals surface area contributed by atoms with Crippen molar-refractivity contribution < 1.29 is 9.53 Å². The highest BCUT2D eigenvalue weighted by Gasteiger charge is 2.31. The Kier molecular flexibility index (Phi) is 2.69. The van der Waals surface area contributed by atoms with Gasteiger partial charge in [-0.3, -0.25) is 4.79 Å². The van der Waals surface area contributed by atoms with Gasteiger partial charge in [0.05, 0.1) is 13.0 Å². The topological polar surface area (TPSA) is 26.3 Å². The van der Waals surface area contributed by atoms with Crippen LogP contribution in [0.5, 0.6) is 0 Å². The zero-order chi connectivity index (χ0) is 8.27. The van der Waals surface area contributed by atoms with Gasteiger partial charge in [-0.1, -0.05) is 25.0 Å². The van der Waals surface area contributed by atoms with E-state index in [1.807, 2.05) is 6.08 Å². The van der Waals surface area contributed by atoms with Gasteiger partial charge in [-0.05, 0) is 12.8 Å². The summed E-state index contributed by atoms with van der Waals surface area (Å²) in [7, 11) is 1.44. The van der Waals surface area contributed by atoms with Gasteiger partial charge in [0.25, 0.3) is 0 Å². The van der Waals surface area contributed by atoms with Gasteiger partial charge in [0.2, 0.25) is 0 Å². The molecule has 62 valence electrons. The number of hydrogen-bond acceptors (Lipinski definition) is 2. The van der Waals surface area contributed by atoms with E-state index in [1.165, 1.54) is 25.5 Å². The van der Waals surface area contributed by atoms with Gasteiger partial charge in [0.1, 0.15) is 0 Å². The van der Waals surface area contributed by atoms with Gasteiger partial charge >= 0.3 is 5.97 Å². The number of carbonyl (C=O) groups excluding carboxylic acids is 1. The summed E-state index contributed by atoms with van der Waals surface area (Å²) in [4.78, 5) is 10.9. The van der Waals surface area contributed by atoms with Crippen molar-refractivity contribution >= 4 is 5.97 Å². The predicted octanol–water partition coefficient (Wildman–Crippen LogP) is 1.91. The molecule has 11 heavy (non-hydrogen) atoms. The number of methoxy groups -OCH3 is 1. The lowest BCUT2D eigenvalue weighted by Crippen LogP contribution is -2.04.